The number of halogens is 1. The summed E-state index contributed by atoms with van der Waals surface area (Å²) in [6.45, 7) is 22.2. The highest BCUT2D eigenvalue weighted by atomic mass is 35.5. The van der Waals surface area contributed by atoms with E-state index in [-0.39, 0.29) is 107 Å². The normalized spacial score (nSPS) is 26.0. The van der Waals surface area contributed by atoms with E-state index in [0.717, 1.165) is 63.3 Å². The number of aliphatic imine (C=N–C) groups is 2. The smallest absolute Gasteiger partial charge is 0.357 e. The van der Waals surface area contributed by atoms with Gasteiger partial charge in [-0.15, -0.1) is 57.1 Å². The van der Waals surface area contributed by atoms with Crippen molar-refractivity contribution in [3.05, 3.63) is 182 Å². The number of aromatic nitrogens is 5. The summed E-state index contributed by atoms with van der Waals surface area (Å²) in [5.74, 6) is -15.7. The Labute approximate surface area is 735 Å². The number of benzene rings is 1. The summed E-state index contributed by atoms with van der Waals surface area (Å²) >= 11 is 10.5. The molecule has 11 rings (SSSR count). The van der Waals surface area contributed by atoms with Gasteiger partial charge in [0.25, 0.3) is 35.4 Å². The lowest BCUT2D eigenvalue weighted by Gasteiger charge is -2.41. The lowest BCUT2D eigenvalue weighted by atomic mass is 9.80. The summed E-state index contributed by atoms with van der Waals surface area (Å²) < 4.78 is 6.31. The number of carbonyl (C=O) groups is 13. The van der Waals surface area contributed by atoms with E-state index in [1.54, 1.807) is 26.0 Å². The first-order valence-electron chi connectivity index (χ1n) is 39.2. The van der Waals surface area contributed by atoms with Crippen LogP contribution in [0.25, 0.3) is 6.08 Å². The summed E-state index contributed by atoms with van der Waals surface area (Å²) in [6.07, 6.45) is -3.66. The molecule has 0 spiro atoms. The van der Waals surface area contributed by atoms with Gasteiger partial charge in [-0.3, -0.25) is 72.8 Å². The van der Waals surface area contributed by atoms with Gasteiger partial charge >= 0.3 is 5.97 Å². The Morgan fingerprint density at radius 1 is 0.790 bits per heavy atom. The van der Waals surface area contributed by atoms with E-state index in [9.17, 15) is 73.5 Å². The molecule has 9 heterocycles. The molecule has 656 valence electrons. The van der Waals surface area contributed by atoms with Gasteiger partial charge in [-0.2, -0.15) is 0 Å². The zero-order valence-corrected chi connectivity index (χ0v) is 73.4. The number of ether oxygens (including phenoxy) is 1. The number of aliphatic hydroxyl groups excluding tert-OH is 4. The van der Waals surface area contributed by atoms with Gasteiger partial charge in [0.1, 0.15) is 90.5 Å². The number of carbonyl (C=O) groups excluding carboxylic acids is 13. The van der Waals surface area contributed by atoms with Gasteiger partial charge in [0, 0.05) is 86.6 Å². The average molecular weight is 1820 g/mol. The number of rotatable bonds is 14. The van der Waals surface area contributed by atoms with Gasteiger partial charge < -0.3 is 78.5 Å². The number of primary amides is 1. The Bertz CT molecular complexity index is 5450. The molecule has 9 amide bonds. The molecule has 36 nitrogen and oxygen atoms in total. The van der Waals surface area contributed by atoms with E-state index in [1.165, 1.54) is 106 Å². The van der Waals surface area contributed by atoms with Crippen molar-refractivity contribution in [1.82, 2.24) is 72.8 Å². The van der Waals surface area contributed by atoms with Crippen molar-refractivity contribution in [3.63, 3.8) is 0 Å². The number of ketones is 3. The van der Waals surface area contributed by atoms with E-state index in [0.29, 0.717) is 11.4 Å². The third-order valence-electron chi connectivity index (χ3n) is 21.8. The first kappa shape index (κ1) is 93.7. The number of nitrogens with two attached hydrogens (primary N) is 1. The van der Waals surface area contributed by atoms with Crippen molar-refractivity contribution >= 4 is 162 Å². The number of aliphatic hydroxyl groups is 5. The molecular weight excluding hydrogens is 1720 g/mol. The van der Waals surface area contributed by atoms with E-state index < -0.39 is 214 Å². The first-order chi connectivity index (χ1) is 58.6. The molecule has 13 bridgehead atoms. The Morgan fingerprint density at radius 2 is 1.48 bits per heavy atom. The molecule has 0 saturated heterocycles. The number of hydrogen-bond donors (Lipinski definition) is 15. The van der Waals surface area contributed by atoms with Crippen molar-refractivity contribution in [2.24, 2.45) is 33.5 Å². The number of esters is 1. The number of allylic oxidation sites excluding steroid dienone is 2. The van der Waals surface area contributed by atoms with Crippen LogP contribution < -0.4 is 53.6 Å². The monoisotopic (exact) mass is 1810 g/mol. The van der Waals surface area contributed by atoms with E-state index in [2.05, 4.69) is 81.0 Å². The molecule has 17 atom stereocenters. The van der Waals surface area contributed by atoms with Crippen LogP contribution in [0.1, 0.15) is 233 Å². The molecule has 17 unspecified atom stereocenters. The minimum Gasteiger partial charge on any atom is -0.455 e. The van der Waals surface area contributed by atoms with Crippen LogP contribution in [0, 0.1) is 17.8 Å². The van der Waals surface area contributed by atoms with Crippen LogP contribution >= 0.6 is 68.7 Å². The molecule has 5 aromatic heterocycles. The predicted molar refractivity (Wildman–Crippen MR) is 460 cm³/mol. The second-order valence-electron chi connectivity index (χ2n) is 30.8. The highest BCUT2D eigenvalue weighted by Gasteiger charge is 2.51. The SMILES string of the molecule is C=C1NC(=O)C(C)CC(=O)C(C(C)CC)NC2C=Cc3c(C(C)O)cc(nc3C2O)C(=O)OC(C)C2NC(=O)c3csc(n3)C(C(C)(O)C(C)O)CC(=O)C3CSC(=N3)/C(=C/C)NC(=O)C(C(C)O)NC(=O)c3csc(n3)C3(CCC(c4nc(C(=O)NC(=C)C(=O)NC(=CNC(=O)c5ccc(Cl)cc5)C(N)=O)cs4)=NC3c3csc2n3)NC(=O)C(C)CC1=O. The van der Waals surface area contributed by atoms with Crippen molar-refractivity contribution in [2.75, 3.05) is 5.75 Å². The number of Topliss-reactive ketones (excluding diaryl/α,β-unsaturated/α-hetero) is 3. The van der Waals surface area contributed by atoms with Crippen molar-refractivity contribution in [2.45, 2.75) is 192 Å². The Balaban J connectivity index is 1.07. The number of nitrogens with zero attached hydrogens (tertiary/aromatic N) is 7. The molecule has 124 heavy (non-hydrogen) atoms. The van der Waals surface area contributed by atoms with Crippen LogP contribution in [0.4, 0.5) is 0 Å². The quantitative estimate of drug-likeness (QED) is 0.0489. The number of amides is 9. The van der Waals surface area contributed by atoms with E-state index in [1.807, 2.05) is 6.92 Å². The second-order valence-corrected chi connectivity index (χ2v) is 35.8. The summed E-state index contributed by atoms with van der Waals surface area (Å²) in [6, 6.07) is -1.11. The van der Waals surface area contributed by atoms with Crippen LogP contribution in [-0.2, 0) is 48.6 Å². The van der Waals surface area contributed by atoms with E-state index in [4.69, 9.17) is 37.0 Å². The third kappa shape index (κ3) is 21.0. The number of thiazole rings is 4. The standard InChI is InChI=1S/C82H92ClN17O19S5/c1-13-33(3)60-59(106)24-34(4)67(109)86-36(6)57(104)23-35(5)68(110)100-82-22-21-49(77-96-54(31-122-77)71(113)87-37(7)69(111)92-51(66(84)108)27-85-70(112)42-15-17-43(83)18-16-42)90-65(82)53-29-123-78(94-53)62(40(10)119-79(117)50-25-45(38(8)101)44-19-20-48(88-60)64(107)63(44)89-50)99-72(114)55-30-120-75(95-55)46(81(12,118)41(11)103)26-58(105)52-28-121-76(93-52)47(14-2)91-74(116)61(39(9)102)98-73(115)56-32-124-80(82)97-56/h14-20,25,27,29-35,38-41,46,48,52,60-62,64-65,88,101-103,107,118H,6-7,13,21-24,26,28H2,1-5,8-12H3,(H2,84,108)(H,85,112)(H,86,109)(H,87,113)(H,91,116)(H,92,111)(H,98,115)(H,99,114)(H,100,110)/b47-14-,51-27?. The molecule has 1 aromatic carbocycles. The summed E-state index contributed by atoms with van der Waals surface area (Å²) in [5.41, 5.74) is -1.21. The topological polar surface area (TPSA) is 556 Å². The highest BCUT2D eigenvalue weighted by Crippen LogP contribution is 2.49. The molecule has 5 aliphatic rings. The summed E-state index contributed by atoms with van der Waals surface area (Å²) in [5, 5.41) is 88.1. The molecule has 1 aliphatic carbocycles. The van der Waals surface area contributed by atoms with Gasteiger partial charge in [-0.05, 0) is 96.2 Å². The van der Waals surface area contributed by atoms with Gasteiger partial charge in [0.15, 0.2) is 17.3 Å². The third-order valence-corrected chi connectivity index (χ3v) is 26.9. The average Bonchev–Trinajstić information content (AvgIpc) is 1.51. The molecule has 16 N–H and O–H groups in total. The number of hydrogen-bond acceptors (Lipinski definition) is 32. The summed E-state index contributed by atoms with van der Waals surface area (Å²) in [7, 11) is 0. The number of nitrogens with one attached hydrogen (secondary N) is 9. The predicted octanol–water partition coefficient (Wildman–Crippen LogP) is 5.25. The zero-order valence-electron chi connectivity index (χ0n) is 68.6. The van der Waals surface area contributed by atoms with E-state index >= 15 is 14.4 Å². The lowest BCUT2D eigenvalue weighted by Crippen LogP contribution is -2.54. The number of fused-ring (bicyclic) bond motifs is 7. The lowest BCUT2D eigenvalue weighted by molar-refractivity contribution is -0.131. The maximum atomic E-state index is 15.6. The molecule has 42 heteroatoms. The van der Waals surface area contributed by atoms with Gasteiger partial charge in [-0.25, -0.2) is 29.7 Å². The minimum atomic E-state index is -2.11. The Kier molecular flexibility index (Phi) is 29.8. The minimum absolute atomic E-state index is 0.00813. The first-order valence-corrected chi connectivity index (χ1v) is 44.1. The molecular formula is C82H92ClN17O19S5. The molecule has 4 aliphatic heterocycles. The number of cyclic esters (lactones) is 1. The fourth-order valence-electron chi connectivity index (χ4n) is 14.0. The molecule has 0 fully saturated rings. The van der Waals surface area contributed by atoms with Crippen molar-refractivity contribution < 1.29 is 92.6 Å². The molecule has 6 aromatic rings. The van der Waals surface area contributed by atoms with Gasteiger partial charge in [0.05, 0.1) is 75.2 Å². The molecule has 0 saturated carbocycles. The van der Waals surface area contributed by atoms with Crippen molar-refractivity contribution in [3.8, 4) is 0 Å². The maximum absolute atomic E-state index is 15.6. The Morgan fingerprint density at radius 3 is 2.15 bits per heavy atom. The van der Waals surface area contributed by atoms with Gasteiger partial charge in [-0.1, -0.05) is 77.1 Å². The second kappa shape index (κ2) is 39.5. The summed E-state index contributed by atoms with van der Waals surface area (Å²) in [4.78, 5) is 220. The Hall–Kier alpha value is -11.0. The largest absolute Gasteiger partial charge is 0.455 e. The number of thioether (sulfide) groups is 1. The highest BCUT2D eigenvalue weighted by molar-refractivity contribution is 8.14. The van der Waals surface area contributed by atoms with Crippen LogP contribution in [0.5, 0.6) is 0 Å². The van der Waals surface area contributed by atoms with Crippen LogP contribution in [-0.4, -0.2) is 192 Å². The van der Waals surface area contributed by atoms with Crippen LogP contribution in [0.3, 0.4) is 0 Å². The van der Waals surface area contributed by atoms with Crippen LogP contribution in [0.15, 0.2) is 116 Å². The van der Waals surface area contributed by atoms with Crippen molar-refractivity contribution in [1.29, 1.82) is 0 Å². The number of pyridine rings is 1. The fraction of sp³-hybridized carbons (Fsp3) is 0.415. The van der Waals surface area contributed by atoms with Crippen LogP contribution in [0.2, 0.25) is 5.02 Å². The maximum Gasteiger partial charge on any atom is 0.357 e. The fourth-order valence-corrected chi connectivity index (χ4v) is 19.0. The zero-order chi connectivity index (χ0) is 90.4. The molecule has 0 radical (unpaired) electrons. The van der Waals surface area contributed by atoms with Gasteiger partial charge in [0.2, 0.25) is 17.7 Å².